The molecular formula is C24H19ClN3OPS. The normalized spacial score (nSPS) is 13.0. The molecule has 2 aromatic heterocycles. The van der Waals surface area contributed by atoms with E-state index >= 15 is 0 Å². The molecule has 0 bridgehead atoms. The van der Waals surface area contributed by atoms with E-state index in [0.717, 1.165) is 15.9 Å². The molecule has 154 valence electrons. The first kappa shape index (κ1) is 20.1. The summed E-state index contributed by atoms with van der Waals surface area (Å²) >= 11 is 8.18. The molecule has 0 fully saturated rings. The van der Waals surface area contributed by atoms with E-state index in [0.29, 0.717) is 10.4 Å². The van der Waals surface area contributed by atoms with E-state index in [1.165, 1.54) is 11.3 Å². The van der Waals surface area contributed by atoms with Crippen LogP contribution in [-0.2, 0) is 0 Å². The van der Waals surface area contributed by atoms with Gasteiger partial charge in [0.25, 0.3) is 0 Å². The fraction of sp³-hybridized carbons (Fsp3) is 0.0417. The van der Waals surface area contributed by atoms with Crippen LogP contribution in [0.5, 0.6) is 0 Å². The van der Waals surface area contributed by atoms with Gasteiger partial charge in [0.2, 0.25) is 0 Å². The maximum atomic E-state index is 13.0. The van der Waals surface area contributed by atoms with Crippen molar-refractivity contribution in [3.05, 3.63) is 112 Å². The van der Waals surface area contributed by atoms with Crippen LogP contribution in [0.1, 0.15) is 0 Å². The van der Waals surface area contributed by atoms with Gasteiger partial charge in [0.1, 0.15) is 0 Å². The number of fused-ring (bicyclic) bond motifs is 1. The summed E-state index contributed by atoms with van der Waals surface area (Å²) < 4.78 is 1.76. The van der Waals surface area contributed by atoms with Crippen molar-refractivity contribution >= 4 is 55.9 Å². The molecule has 5 aromatic rings. The maximum absolute atomic E-state index is 13.0. The molecule has 4 nitrogen and oxygen atoms in total. The Balaban J connectivity index is 2.13. The summed E-state index contributed by atoms with van der Waals surface area (Å²) in [6.07, 6.45) is 0. The third-order valence-corrected chi connectivity index (χ3v) is 13.4. The van der Waals surface area contributed by atoms with E-state index in [9.17, 15) is 4.79 Å². The second kappa shape index (κ2) is 7.38. The van der Waals surface area contributed by atoms with Crippen LogP contribution in [0, 0.1) is 0 Å². The van der Waals surface area contributed by atoms with Crippen molar-refractivity contribution in [3.63, 3.8) is 0 Å². The van der Waals surface area contributed by atoms with Crippen LogP contribution in [0.25, 0.3) is 4.96 Å². The minimum atomic E-state index is -3.50. The SMILES string of the molecule is CP(c1ccccc1)(c1ccccc1)(c1ccccc1)c1c(Cl)c(=O)nc2scnn12. The molecule has 0 N–H and O–H groups in total. The van der Waals surface area contributed by atoms with E-state index in [1.807, 2.05) is 54.6 Å². The van der Waals surface area contributed by atoms with E-state index in [2.05, 4.69) is 53.1 Å². The first-order chi connectivity index (χ1) is 15.1. The second-order valence-electron chi connectivity index (χ2n) is 7.56. The van der Waals surface area contributed by atoms with Crippen LogP contribution >= 0.6 is 29.5 Å². The van der Waals surface area contributed by atoms with Crippen molar-refractivity contribution in [1.82, 2.24) is 14.6 Å². The van der Waals surface area contributed by atoms with Gasteiger partial charge in [-0.15, -0.1) is 0 Å². The Hall–Kier alpha value is -2.85. The van der Waals surface area contributed by atoms with E-state index in [4.69, 9.17) is 11.6 Å². The van der Waals surface area contributed by atoms with Gasteiger partial charge in [-0.1, -0.05) is 0 Å². The van der Waals surface area contributed by atoms with Crippen molar-refractivity contribution in [2.75, 3.05) is 6.66 Å². The zero-order valence-electron chi connectivity index (χ0n) is 16.7. The molecule has 0 atom stereocenters. The van der Waals surface area contributed by atoms with Crippen LogP contribution in [0.4, 0.5) is 0 Å². The summed E-state index contributed by atoms with van der Waals surface area (Å²) in [4.78, 5) is 17.7. The van der Waals surface area contributed by atoms with Crippen LogP contribution in [0.2, 0.25) is 5.02 Å². The Morgan fingerprint density at radius 1 is 0.806 bits per heavy atom. The molecule has 0 aliphatic heterocycles. The molecular weight excluding hydrogens is 445 g/mol. The zero-order chi connectivity index (χ0) is 21.5. The average Bonchev–Trinajstić information content (AvgIpc) is 3.29. The number of rotatable bonds is 4. The van der Waals surface area contributed by atoms with E-state index in [1.54, 1.807) is 10.0 Å². The summed E-state index contributed by atoms with van der Waals surface area (Å²) in [6, 6.07) is 30.9. The quantitative estimate of drug-likeness (QED) is 0.383. The van der Waals surface area contributed by atoms with Gasteiger partial charge in [-0.2, -0.15) is 0 Å². The molecule has 0 saturated carbocycles. The summed E-state index contributed by atoms with van der Waals surface area (Å²) in [5.74, 6) is 0. The monoisotopic (exact) mass is 463 g/mol. The van der Waals surface area contributed by atoms with Gasteiger partial charge in [-0.3, -0.25) is 0 Å². The molecule has 0 spiro atoms. The number of aromatic nitrogens is 3. The van der Waals surface area contributed by atoms with Crippen molar-refractivity contribution < 1.29 is 0 Å². The Morgan fingerprint density at radius 3 is 1.71 bits per heavy atom. The third-order valence-electron chi connectivity index (χ3n) is 6.02. The summed E-state index contributed by atoms with van der Waals surface area (Å²) in [5.41, 5.74) is 1.97. The molecule has 7 heteroatoms. The van der Waals surface area contributed by atoms with Gasteiger partial charge >= 0.3 is 189 Å². The van der Waals surface area contributed by atoms with E-state index < -0.39 is 12.2 Å². The number of hydrogen-bond acceptors (Lipinski definition) is 4. The Bertz CT molecular complexity index is 1340. The molecule has 0 radical (unpaired) electrons. The predicted molar refractivity (Wildman–Crippen MR) is 133 cm³/mol. The minimum absolute atomic E-state index is 0.111. The van der Waals surface area contributed by atoms with Gasteiger partial charge in [0, 0.05) is 0 Å². The Morgan fingerprint density at radius 2 is 1.26 bits per heavy atom. The number of halogens is 1. The van der Waals surface area contributed by atoms with Crippen molar-refractivity contribution in [1.29, 1.82) is 0 Å². The average molecular weight is 464 g/mol. The molecule has 0 saturated heterocycles. The van der Waals surface area contributed by atoms with Crippen LogP contribution in [0.15, 0.2) is 101 Å². The molecule has 0 amide bonds. The van der Waals surface area contributed by atoms with Gasteiger partial charge in [-0.25, -0.2) is 0 Å². The van der Waals surface area contributed by atoms with Crippen LogP contribution in [0.3, 0.4) is 0 Å². The molecule has 3 aromatic carbocycles. The molecule has 31 heavy (non-hydrogen) atoms. The van der Waals surface area contributed by atoms with Gasteiger partial charge in [-0.05, 0) is 0 Å². The molecule has 0 unspecified atom stereocenters. The number of nitrogens with zero attached hydrogens (tertiary/aromatic N) is 3. The van der Waals surface area contributed by atoms with Crippen LogP contribution < -0.4 is 26.9 Å². The number of hydrogen-bond donors (Lipinski definition) is 0. The van der Waals surface area contributed by atoms with Crippen molar-refractivity contribution in [2.45, 2.75) is 0 Å². The van der Waals surface area contributed by atoms with E-state index in [-0.39, 0.29) is 5.02 Å². The first-order valence-corrected chi connectivity index (χ1v) is 13.7. The predicted octanol–water partition coefficient (Wildman–Crippen LogP) is 3.59. The van der Waals surface area contributed by atoms with Crippen molar-refractivity contribution in [2.24, 2.45) is 0 Å². The Labute approximate surface area is 188 Å². The van der Waals surface area contributed by atoms with Crippen LogP contribution in [-0.4, -0.2) is 21.3 Å². The van der Waals surface area contributed by atoms with Crippen molar-refractivity contribution in [3.8, 4) is 0 Å². The topological polar surface area (TPSA) is 47.3 Å². The second-order valence-corrected chi connectivity index (χ2v) is 13.9. The summed E-state index contributed by atoms with van der Waals surface area (Å²) in [7, 11) is 0. The first-order valence-electron chi connectivity index (χ1n) is 9.76. The standard InChI is InChI=1S/C24H19ClN3OPS/c1-30(18-11-5-2-6-12-18,19-13-7-3-8-14-19,20-15-9-4-10-16-20)23-21(25)22(29)27-24-28(23)26-17-31-24/h2-17H,1H3. The molecule has 5 rings (SSSR count). The molecule has 0 aliphatic rings. The fourth-order valence-corrected chi connectivity index (χ4v) is 11.5. The van der Waals surface area contributed by atoms with Gasteiger partial charge < -0.3 is 0 Å². The number of benzene rings is 3. The summed E-state index contributed by atoms with van der Waals surface area (Å²) in [5, 5.41) is 7.99. The fourth-order valence-electron chi connectivity index (χ4n) is 4.46. The zero-order valence-corrected chi connectivity index (χ0v) is 19.2. The summed E-state index contributed by atoms with van der Waals surface area (Å²) in [6.45, 7) is -1.25. The molecule has 2 heterocycles. The van der Waals surface area contributed by atoms with Gasteiger partial charge in [0.15, 0.2) is 0 Å². The van der Waals surface area contributed by atoms with Gasteiger partial charge in [0.05, 0.1) is 0 Å². The third kappa shape index (κ3) is 2.74. The molecule has 0 aliphatic carbocycles. The Kier molecular flexibility index (Phi) is 4.78.